The van der Waals surface area contributed by atoms with Crippen molar-refractivity contribution in [3.8, 4) is 0 Å². The lowest BCUT2D eigenvalue weighted by Gasteiger charge is -2.13. The molecule has 144 valence electrons. The molecule has 3 rings (SSSR count). The highest BCUT2D eigenvalue weighted by Gasteiger charge is 2.11. The lowest BCUT2D eigenvalue weighted by Crippen LogP contribution is -2.18. The summed E-state index contributed by atoms with van der Waals surface area (Å²) in [5, 5.41) is 8.97. The van der Waals surface area contributed by atoms with Crippen LogP contribution in [-0.2, 0) is 13.1 Å². The Kier molecular flexibility index (Phi) is 5.80. The van der Waals surface area contributed by atoms with Crippen LogP contribution in [0.5, 0.6) is 0 Å². The summed E-state index contributed by atoms with van der Waals surface area (Å²) in [6.07, 6.45) is 0.984. The average molecular weight is 367 g/mol. The molecule has 0 spiro atoms. The Balaban J connectivity index is 1.69. The molecule has 27 heavy (non-hydrogen) atoms. The molecule has 0 saturated carbocycles. The Hall–Kier alpha value is -2.40. The third kappa shape index (κ3) is 4.48. The van der Waals surface area contributed by atoms with Crippen LogP contribution in [0.2, 0.25) is 0 Å². The first-order valence-electron chi connectivity index (χ1n) is 9.64. The molecule has 0 saturated heterocycles. The van der Waals surface area contributed by atoms with Gasteiger partial charge in [0.1, 0.15) is 5.58 Å². The molecule has 2 aromatic heterocycles. The predicted molar refractivity (Wildman–Crippen MR) is 109 cm³/mol. The summed E-state index contributed by atoms with van der Waals surface area (Å²) >= 11 is 0. The monoisotopic (exact) mass is 367 g/mol. The number of aryl methyl sites for hydroxylation is 4. The van der Waals surface area contributed by atoms with Gasteiger partial charge in [0.25, 0.3) is 0 Å². The minimum absolute atomic E-state index is 0.293. The van der Waals surface area contributed by atoms with Gasteiger partial charge in [0.2, 0.25) is 0 Å². The van der Waals surface area contributed by atoms with Crippen LogP contribution in [0.1, 0.15) is 54.3 Å². The third-order valence-electron chi connectivity index (χ3n) is 4.98. The number of nitrogens with one attached hydrogen (secondary N) is 1. The second-order valence-electron chi connectivity index (χ2n) is 7.63. The van der Waals surface area contributed by atoms with Gasteiger partial charge >= 0.3 is 5.63 Å². The molecule has 5 heteroatoms. The van der Waals surface area contributed by atoms with Gasteiger partial charge in [0, 0.05) is 30.2 Å². The Labute approximate surface area is 160 Å². The van der Waals surface area contributed by atoms with Crippen LogP contribution in [0.15, 0.2) is 33.5 Å². The number of rotatable bonds is 7. The van der Waals surface area contributed by atoms with E-state index < -0.39 is 0 Å². The van der Waals surface area contributed by atoms with E-state index in [1.54, 1.807) is 6.07 Å². The SMILES string of the molecule is Cc1cc(C)n(CCCNCc2cc(=O)oc3cc(C)c(C(C)C)cc23)n1. The molecule has 0 atom stereocenters. The van der Waals surface area contributed by atoms with Crippen LogP contribution in [0.25, 0.3) is 11.0 Å². The van der Waals surface area contributed by atoms with Crippen molar-refractivity contribution >= 4 is 11.0 Å². The first-order chi connectivity index (χ1) is 12.8. The second kappa shape index (κ2) is 8.09. The van der Waals surface area contributed by atoms with Gasteiger partial charge in [0.05, 0.1) is 5.69 Å². The second-order valence-corrected chi connectivity index (χ2v) is 7.63. The fourth-order valence-corrected chi connectivity index (χ4v) is 3.64. The summed E-state index contributed by atoms with van der Waals surface area (Å²) in [6, 6.07) is 7.86. The maximum atomic E-state index is 11.9. The molecule has 0 amide bonds. The first kappa shape index (κ1) is 19.4. The topological polar surface area (TPSA) is 60.1 Å². The van der Waals surface area contributed by atoms with Crippen molar-refractivity contribution in [1.82, 2.24) is 15.1 Å². The van der Waals surface area contributed by atoms with E-state index in [1.165, 1.54) is 11.3 Å². The first-order valence-corrected chi connectivity index (χ1v) is 9.64. The Bertz CT molecular complexity index is 999. The van der Waals surface area contributed by atoms with Gasteiger partial charge in [0.15, 0.2) is 0 Å². The molecule has 0 aliphatic rings. The molecule has 0 fully saturated rings. The van der Waals surface area contributed by atoms with Gasteiger partial charge in [-0.25, -0.2) is 4.79 Å². The molecule has 5 nitrogen and oxygen atoms in total. The number of hydrogen-bond acceptors (Lipinski definition) is 4. The standard InChI is InChI=1S/C22H29N3O2/c1-14(2)19-12-20-18(11-22(26)27-21(20)9-15(19)3)13-23-7-6-8-25-17(5)10-16(4)24-25/h9-12,14,23H,6-8,13H2,1-5H3. The zero-order valence-electron chi connectivity index (χ0n) is 16.9. The van der Waals surface area contributed by atoms with Crippen molar-refractivity contribution in [2.45, 2.75) is 60.0 Å². The van der Waals surface area contributed by atoms with Crippen molar-refractivity contribution in [2.24, 2.45) is 0 Å². The van der Waals surface area contributed by atoms with Crippen LogP contribution < -0.4 is 10.9 Å². The Morgan fingerprint density at radius 2 is 1.93 bits per heavy atom. The number of benzene rings is 1. The van der Waals surface area contributed by atoms with Crippen LogP contribution >= 0.6 is 0 Å². The van der Waals surface area contributed by atoms with Crippen molar-refractivity contribution < 1.29 is 4.42 Å². The minimum atomic E-state index is -0.293. The fraction of sp³-hybridized carbons (Fsp3) is 0.455. The third-order valence-corrected chi connectivity index (χ3v) is 4.98. The van der Waals surface area contributed by atoms with E-state index in [-0.39, 0.29) is 5.63 Å². The van der Waals surface area contributed by atoms with Crippen molar-refractivity contribution in [3.05, 3.63) is 62.8 Å². The minimum Gasteiger partial charge on any atom is -0.423 e. The van der Waals surface area contributed by atoms with Crippen molar-refractivity contribution in [3.63, 3.8) is 0 Å². The smallest absolute Gasteiger partial charge is 0.336 e. The van der Waals surface area contributed by atoms with E-state index in [0.29, 0.717) is 18.0 Å². The highest BCUT2D eigenvalue weighted by atomic mass is 16.4. The average Bonchev–Trinajstić information content (AvgIpc) is 2.90. The quantitative estimate of drug-likeness (QED) is 0.502. The predicted octanol–water partition coefficient (Wildman–Crippen LogP) is 4.22. The molecule has 3 aromatic rings. The van der Waals surface area contributed by atoms with E-state index in [2.05, 4.69) is 50.2 Å². The van der Waals surface area contributed by atoms with Crippen LogP contribution in [0.4, 0.5) is 0 Å². The fourth-order valence-electron chi connectivity index (χ4n) is 3.64. The summed E-state index contributed by atoms with van der Waals surface area (Å²) in [6.45, 7) is 12.9. The van der Waals surface area contributed by atoms with Crippen molar-refractivity contribution in [1.29, 1.82) is 0 Å². The van der Waals surface area contributed by atoms with Gasteiger partial charge in [-0.05, 0) is 74.5 Å². The summed E-state index contributed by atoms with van der Waals surface area (Å²) < 4.78 is 7.47. The number of hydrogen-bond donors (Lipinski definition) is 1. The van der Waals surface area contributed by atoms with Gasteiger partial charge in [-0.3, -0.25) is 4.68 Å². The molecule has 0 bridgehead atoms. The summed E-state index contributed by atoms with van der Waals surface area (Å²) in [5.74, 6) is 0.433. The molecule has 0 aliphatic heterocycles. The molecular weight excluding hydrogens is 338 g/mol. The van der Waals surface area contributed by atoms with E-state index in [0.717, 1.165) is 41.7 Å². The van der Waals surface area contributed by atoms with Gasteiger partial charge < -0.3 is 9.73 Å². The van der Waals surface area contributed by atoms with E-state index in [4.69, 9.17) is 4.42 Å². The summed E-state index contributed by atoms with van der Waals surface area (Å²) in [5.41, 5.74) is 6.07. The van der Waals surface area contributed by atoms with Gasteiger partial charge in [-0.1, -0.05) is 13.8 Å². The van der Waals surface area contributed by atoms with Gasteiger partial charge in [-0.15, -0.1) is 0 Å². The summed E-state index contributed by atoms with van der Waals surface area (Å²) in [4.78, 5) is 11.9. The van der Waals surface area contributed by atoms with Crippen LogP contribution in [0, 0.1) is 20.8 Å². The molecule has 0 aliphatic carbocycles. The Morgan fingerprint density at radius 3 is 2.59 bits per heavy atom. The highest BCUT2D eigenvalue weighted by molar-refractivity contribution is 5.82. The van der Waals surface area contributed by atoms with Gasteiger partial charge in [-0.2, -0.15) is 5.10 Å². The summed E-state index contributed by atoms with van der Waals surface area (Å²) in [7, 11) is 0. The normalized spacial score (nSPS) is 11.6. The van der Waals surface area contributed by atoms with Crippen LogP contribution in [-0.4, -0.2) is 16.3 Å². The zero-order valence-corrected chi connectivity index (χ0v) is 16.9. The highest BCUT2D eigenvalue weighted by Crippen LogP contribution is 2.26. The number of aromatic nitrogens is 2. The zero-order chi connectivity index (χ0) is 19.6. The molecule has 1 aromatic carbocycles. The van der Waals surface area contributed by atoms with E-state index in [1.807, 2.05) is 17.7 Å². The Morgan fingerprint density at radius 1 is 1.15 bits per heavy atom. The number of fused-ring (bicyclic) bond motifs is 1. The maximum absolute atomic E-state index is 11.9. The van der Waals surface area contributed by atoms with E-state index in [9.17, 15) is 4.79 Å². The van der Waals surface area contributed by atoms with E-state index >= 15 is 0 Å². The van der Waals surface area contributed by atoms with Crippen LogP contribution in [0.3, 0.4) is 0 Å². The van der Waals surface area contributed by atoms with Crippen molar-refractivity contribution in [2.75, 3.05) is 6.54 Å². The maximum Gasteiger partial charge on any atom is 0.336 e. The molecule has 0 radical (unpaired) electrons. The lowest BCUT2D eigenvalue weighted by atomic mass is 9.95. The molecule has 1 N–H and O–H groups in total. The number of nitrogens with zero attached hydrogens (tertiary/aromatic N) is 2. The molecule has 2 heterocycles. The lowest BCUT2D eigenvalue weighted by molar-refractivity contribution is 0.529. The molecule has 0 unspecified atom stereocenters. The largest absolute Gasteiger partial charge is 0.423 e. The molecular formula is C22H29N3O2.